The van der Waals surface area contributed by atoms with Gasteiger partial charge in [-0.3, -0.25) is 14.5 Å². The second kappa shape index (κ2) is 6.26. The molecule has 1 aromatic carbocycles. The second-order valence-electron chi connectivity index (χ2n) is 5.84. The zero-order valence-corrected chi connectivity index (χ0v) is 12.7. The van der Waals surface area contributed by atoms with E-state index in [1.54, 1.807) is 11.8 Å². The van der Waals surface area contributed by atoms with E-state index in [-0.39, 0.29) is 11.9 Å². The number of hydrogen-bond donors (Lipinski definition) is 2. The van der Waals surface area contributed by atoms with Gasteiger partial charge in [0.2, 0.25) is 5.91 Å². The molecule has 5 heteroatoms. The number of carbonyl (C=O) groups excluding carboxylic acids is 1. The van der Waals surface area contributed by atoms with Crippen LogP contribution in [0.4, 0.5) is 0 Å². The van der Waals surface area contributed by atoms with Gasteiger partial charge < -0.3 is 10.4 Å². The van der Waals surface area contributed by atoms with Gasteiger partial charge in [-0.1, -0.05) is 24.3 Å². The molecule has 1 amide bonds. The van der Waals surface area contributed by atoms with Crippen molar-refractivity contribution in [1.29, 1.82) is 0 Å². The Labute approximate surface area is 125 Å². The average Bonchev–Trinajstić information content (AvgIpc) is 2.44. The minimum atomic E-state index is -0.881. The first kappa shape index (κ1) is 15.5. The van der Waals surface area contributed by atoms with Crippen LogP contribution in [0.5, 0.6) is 0 Å². The number of amides is 1. The highest BCUT2D eigenvalue weighted by atomic mass is 16.4. The Morgan fingerprint density at radius 2 is 1.86 bits per heavy atom. The summed E-state index contributed by atoms with van der Waals surface area (Å²) in [6, 6.07) is 6.73. The molecule has 2 N–H and O–H groups in total. The van der Waals surface area contributed by atoms with Crippen LogP contribution < -0.4 is 5.32 Å². The van der Waals surface area contributed by atoms with E-state index >= 15 is 0 Å². The molecule has 2 rings (SSSR count). The summed E-state index contributed by atoms with van der Waals surface area (Å²) in [5.74, 6) is -1.01. The maximum absolute atomic E-state index is 12.2. The Morgan fingerprint density at radius 3 is 2.43 bits per heavy atom. The molecule has 1 aromatic rings. The van der Waals surface area contributed by atoms with Gasteiger partial charge in [0.1, 0.15) is 6.04 Å². The third-order valence-electron chi connectivity index (χ3n) is 3.88. The third kappa shape index (κ3) is 3.42. The lowest BCUT2D eigenvalue weighted by Gasteiger charge is -2.38. The fourth-order valence-corrected chi connectivity index (χ4v) is 2.74. The first-order valence-corrected chi connectivity index (χ1v) is 7.26. The molecule has 2 unspecified atom stereocenters. The number of carboxylic acid groups (broad SMARTS) is 1. The molecule has 0 saturated heterocycles. The molecule has 2 atom stereocenters. The van der Waals surface area contributed by atoms with E-state index in [1.165, 1.54) is 0 Å². The Kier molecular flexibility index (Phi) is 4.63. The van der Waals surface area contributed by atoms with E-state index in [0.29, 0.717) is 13.0 Å². The second-order valence-corrected chi connectivity index (χ2v) is 5.84. The summed E-state index contributed by atoms with van der Waals surface area (Å²) in [7, 11) is 0. The molecule has 5 nitrogen and oxygen atoms in total. The fraction of sp³-hybridized carbons (Fsp3) is 0.500. The van der Waals surface area contributed by atoms with Crippen molar-refractivity contribution in [2.24, 2.45) is 0 Å². The number of nitrogens with one attached hydrogen (secondary N) is 1. The van der Waals surface area contributed by atoms with E-state index in [4.69, 9.17) is 0 Å². The van der Waals surface area contributed by atoms with Crippen LogP contribution in [0, 0.1) is 0 Å². The number of benzene rings is 1. The number of rotatable bonds is 4. The molecule has 0 aliphatic carbocycles. The van der Waals surface area contributed by atoms with Crippen molar-refractivity contribution in [3.05, 3.63) is 35.4 Å². The standard InChI is InChI=1S/C16H22N2O3/c1-10(2)17-15(19)11(3)18-9-13-7-5-4-6-12(13)8-14(18)16(20)21/h4-7,10-11,14H,8-9H2,1-3H3,(H,17,19)(H,20,21). The molecular weight excluding hydrogens is 268 g/mol. The highest BCUT2D eigenvalue weighted by molar-refractivity contribution is 5.83. The van der Waals surface area contributed by atoms with Gasteiger partial charge in [-0.05, 0) is 38.3 Å². The van der Waals surface area contributed by atoms with Crippen LogP contribution in [0.3, 0.4) is 0 Å². The summed E-state index contributed by atoms with van der Waals surface area (Å²) < 4.78 is 0. The normalized spacial score (nSPS) is 19.9. The number of carboxylic acids is 1. The van der Waals surface area contributed by atoms with Crippen molar-refractivity contribution in [2.75, 3.05) is 0 Å². The van der Waals surface area contributed by atoms with Crippen molar-refractivity contribution in [2.45, 2.75) is 51.9 Å². The maximum Gasteiger partial charge on any atom is 0.321 e. The third-order valence-corrected chi connectivity index (χ3v) is 3.88. The van der Waals surface area contributed by atoms with Gasteiger partial charge in [-0.15, -0.1) is 0 Å². The minimum Gasteiger partial charge on any atom is -0.480 e. The quantitative estimate of drug-likeness (QED) is 0.879. The summed E-state index contributed by atoms with van der Waals surface area (Å²) in [5, 5.41) is 12.3. The molecule has 0 spiro atoms. The van der Waals surface area contributed by atoms with Crippen molar-refractivity contribution < 1.29 is 14.7 Å². The number of nitrogens with zero attached hydrogens (tertiary/aromatic N) is 1. The maximum atomic E-state index is 12.2. The van der Waals surface area contributed by atoms with Gasteiger partial charge in [-0.25, -0.2) is 0 Å². The summed E-state index contributed by atoms with van der Waals surface area (Å²) in [6.07, 6.45) is 0.435. The molecule has 0 fully saturated rings. The molecule has 114 valence electrons. The molecule has 1 heterocycles. The predicted molar refractivity (Wildman–Crippen MR) is 79.9 cm³/mol. The van der Waals surface area contributed by atoms with E-state index < -0.39 is 18.1 Å². The molecular formula is C16H22N2O3. The topological polar surface area (TPSA) is 69.6 Å². The Bertz CT molecular complexity index is 542. The predicted octanol–water partition coefficient (Wildman–Crippen LogP) is 1.41. The zero-order valence-electron chi connectivity index (χ0n) is 12.7. The van der Waals surface area contributed by atoms with E-state index in [0.717, 1.165) is 11.1 Å². The molecule has 0 saturated carbocycles. The molecule has 0 radical (unpaired) electrons. The largest absolute Gasteiger partial charge is 0.480 e. The number of fused-ring (bicyclic) bond motifs is 1. The van der Waals surface area contributed by atoms with Gasteiger partial charge in [0.15, 0.2) is 0 Å². The number of aliphatic carboxylic acids is 1. The van der Waals surface area contributed by atoms with Crippen LogP contribution in [0.15, 0.2) is 24.3 Å². The van der Waals surface area contributed by atoms with Crippen LogP contribution in [-0.4, -0.2) is 40.0 Å². The van der Waals surface area contributed by atoms with Gasteiger partial charge >= 0.3 is 5.97 Å². The van der Waals surface area contributed by atoms with Crippen LogP contribution in [0.25, 0.3) is 0 Å². The monoisotopic (exact) mass is 290 g/mol. The van der Waals surface area contributed by atoms with E-state index in [1.807, 2.05) is 38.1 Å². The molecule has 0 bridgehead atoms. The zero-order chi connectivity index (χ0) is 15.6. The first-order chi connectivity index (χ1) is 9.90. The van der Waals surface area contributed by atoms with Crippen molar-refractivity contribution in [1.82, 2.24) is 10.2 Å². The summed E-state index contributed by atoms with van der Waals surface area (Å²) in [5.41, 5.74) is 2.15. The SMILES string of the molecule is CC(C)NC(=O)C(C)N1Cc2ccccc2CC1C(=O)O. The lowest BCUT2D eigenvalue weighted by molar-refractivity contribution is -0.146. The Morgan fingerprint density at radius 1 is 1.24 bits per heavy atom. The number of hydrogen-bond acceptors (Lipinski definition) is 3. The van der Waals surface area contributed by atoms with Gasteiger partial charge in [0.25, 0.3) is 0 Å². The Hall–Kier alpha value is -1.88. The van der Waals surface area contributed by atoms with E-state index in [9.17, 15) is 14.7 Å². The summed E-state index contributed by atoms with van der Waals surface area (Å²) in [4.78, 5) is 25.5. The van der Waals surface area contributed by atoms with E-state index in [2.05, 4.69) is 5.32 Å². The highest BCUT2D eigenvalue weighted by Gasteiger charge is 2.36. The Balaban J connectivity index is 2.24. The molecule has 1 aliphatic rings. The van der Waals surface area contributed by atoms with Crippen molar-refractivity contribution in [3.8, 4) is 0 Å². The van der Waals surface area contributed by atoms with Crippen LogP contribution >= 0.6 is 0 Å². The smallest absolute Gasteiger partial charge is 0.321 e. The first-order valence-electron chi connectivity index (χ1n) is 7.26. The number of carbonyl (C=O) groups is 2. The minimum absolute atomic E-state index is 0.0419. The van der Waals surface area contributed by atoms with Gasteiger partial charge in [0, 0.05) is 12.6 Å². The lowest BCUT2D eigenvalue weighted by atomic mass is 9.92. The van der Waals surface area contributed by atoms with Crippen LogP contribution in [-0.2, 0) is 22.6 Å². The van der Waals surface area contributed by atoms with Crippen LogP contribution in [0.1, 0.15) is 31.9 Å². The average molecular weight is 290 g/mol. The molecule has 1 aliphatic heterocycles. The summed E-state index contributed by atoms with van der Waals surface area (Å²) >= 11 is 0. The van der Waals surface area contributed by atoms with Gasteiger partial charge in [-0.2, -0.15) is 0 Å². The lowest BCUT2D eigenvalue weighted by Crippen LogP contribution is -2.55. The van der Waals surface area contributed by atoms with Gasteiger partial charge in [0.05, 0.1) is 6.04 Å². The summed E-state index contributed by atoms with van der Waals surface area (Å²) in [6.45, 7) is 6.04. The van der Waals surface area contributed by atoms with Crippen molar-refractivity contribution >= 4 is 11.9 Å². The van der Waals surface area contributed by atoms with Crippen LogP contribution in [0.2, 0.25) is 0 Å². The highest BCUT2D eigenvalue weighted by Crippen LogP contribution is 2.25. The fourth-order valence-electron chi connectivity index (χ4n) is 2.74. The molecule has 0 aromatic heterocycles. The van der Waals surface area contributed by atoms with Crippen molar-refractivity contribution in [3.63, 3.8) is 0 Å². The molecule has 21 heavy (non-hydrogen) atoms.